The molecule has 1 aromatic heterocycles. The number of likely N-dealkylation sites (N-methyl/N-ethyl adjacent to an activating group) is 1. The average Bonchev–Trinajstić information content (AvgIpc) is 3.51. The van der Waals surface area contributed by atoms with Crippen LogP contribution in [0.2, 0.25) is 0 Å². The summed E-state index contributed by atoms with van der Waals surface area (Å²) in [5, 5.41) is 12.6. The molecule has 1 saturated heterocycles. The van der Waals surface area contributed by atoms with Gasteiger partial charge in [-0.3, -0.25) is 20.0 Å². The molecule has 1 unspecified atom stereocenters. The topological polar surface area (TPSA) is 116 Å². The Morgan fingerprint density at radius 2 is 2.00 bits per heavy atom. The molecule has 9 nitrogen and oxygen atoms in total. The molecule has 1 aromatic carbocycles. The zero-order valence-corrected chi connectivity index (χ0v) is 21.6. The van der Waals surface area contributed by atoms with Crippen LogP contribution in [0.25, 0.3) is 10.9 Å². The largest absolute Gasteiger partial charge is 0.378 e. The molecule has 0 spiro atoms. The Labute approximate surface area is 211 Å². The summed E-state index contributed by atoms with van der Waals surface area (Å²) in [6.45, 7) is 12.2. The van der Waals surface area contributed by atoms with E-state index in [2.05, 4.69) is 39.3 Å². The molecule has 3 heterocycles. The van der Waals surface area contributed by atoms with Crippen molar-refractivity contribution < 1.29 is 19.1 Å². The molecular formula is C27H33N5O4. The van der Waals surface area contributed by atoms with Gasteiger partial charge in [0.2, 0.25) is 0 Å². The summed E-state index contributed by atoms with van der Waals surface area (Å²) in [6, 6.07) is 4.31. The van der Waals surface area contributed by atoms with E-state index in [4.69, 9.17) is 4.74 Å². The summed E-state index contributed by atoms with van der Waals surface area (Å²) < 4.78 is 5.10. The zero-order valence-electron chi connectivity index (χ0n) is 21.6. The van der Waals surface area contributed by atoms with E-state index < -0.39 is 18.0 Å². The molecule has 190 valence electrons. The van der Waals surface area contributed by atoms with E-state index in [1.165, 1.54) is 0 Å². The summed E-state index contributed by atoms with van der Waals surface area (Å²) >= 11 is 0. The molecule has 4 amide bonds. The van der Waals surface area contributed by atoms with Gasteiger partial charge in [0.15, 0.2) is 6.04 Å². The minimum Gasteiger partial charge on any atom is -0.378 e. The third kappa shape index (κ3) is 6.93. The van der Waals surface area contributed by atoms with Gasteiger partial charge in [0.1, 0.15) is 0 Å². The lowest BCUT2D eigenvalue weighted by Gasteiger charge is -2.06. The molecule has 4 rings (SSSR count). The normalized spacial score (nSPS) is 17.6. The smallest absolute Gasteiger partial charge is 0.322 e. The number of benzene rings is 1. The van der Waals surface area contributed by atoms with E-state index in [0.717, 1.165) is 27.7 Å². The number of urea groups is 1. The molecule has 2 aliphatic rings. The highest BCUT2D eigenvalue weighted by atomic mass is 16.5. The number of amides is 4. The number of nitrogens with zero attached hydrogens (tertiary/aromatic N) is 2. The first-order valence-corrected chi connectivity index (χ1v) is 11.6. The average molecular weight is 492 g/mol. The molecule has 2 atom stereocenters. The zero-order chi connectivity index (χ0) is 26.8. The van der Waals surface area contributed by atoms with Crippen LogP contribution in [0.5, 0.6) is 0 Å². The van der Waals surface area contributed by atoms with Gasteiger partial charge >= 0.3 is 6.03 Å². The van der Waals surface area contributed by atoms with Crippen molar-refractivity contribution in [3.63, 3.8) is 0 Å². The van der Waals surface area contributed by atoms with Crippen LogP contribution >= 0.6 is 0 Å². The predicted molar refractivity (Wildman–Crippen MR) is 140 cm³/mol. The standard InChI is InChI=1S/C13H10N4O2.C12H17NO2.C2H6/c1-7-9-4-2-8(6-11(9)17-16-7)3-5-10-12(18)15-13(19)14-10;1-5-11-10(7-6-9(2)15-4)8-13(3)12(11)14;1-2/h2,4,6,10H,1H3,(H,16,17)(H2,14,15,18,19);5-7,9H,1,8H2,2-4H3;1-2H3/b;7-6-;/t10-;;/m0../s1. The molecule has 2 aliphatic heterocycles. The van der Waals surface area contributed by atoms with Crippen molar-refractivity contribution in [1.29, 1.82) is 0 Å². The van der Waals surface area contributed by atoms with Crippen molar-refractivity contribution in [2.75, 3.05) is 20.7 Å². The number of aromatic amines is 1. The van der Waals surface area contributed by atoms with Gasteiger partial charge in [0.05, 0.1) is 11.6 Å². The second-order valence-electron chi connectivity index (χ2n) is 7.85. The number of hydrogen-bond donors (Lipinski definition) is 3. The first-order valence-electron chi connectivity index (χ1n) is 11.6. The maximum absolute atomic E-state index is 11.6. The van der Waals surface area contributed by atoms with Gasteiger partial charge in [-0.1, -0.05) is 50.5 Å². The van der Waals surface area contributed by atoms with Crippen LogP contribution in [0.4, 0.5) is 4.79 Å². The van der Waals surface area contributed by atoms with Crippen molar-refractivity contribution >= 4 is 28.7 Å². The van der Waals surface area contributed by atoms with Gasteiger partial charge in [-0.05, 0) is 37.6 Å². The van der Waals surface area contributed by atoms with Crippen molar-refractivity contribution in [2.45, 2.75) is 39.8 Å². The van der Waals surface area contributed by atoms with Crippen LogP contribution in [0, 0.1) is 18.8 Å². The Morgan fingerprint density at radius 3 is 2.61 bits per heavy atom. The number of nitrogens with one attached hydrogen (secondary N) is 3. The van der Waals surface area contributed by atoms with Crippen molar-refractivity contribution in [1.82, 2.24) is 25.7 Å². The van der Waals surface area contributed by atoms with Gasteiger partial charge in [0, 0.05) is 42.9 Å². The van der Waals surface area contributed by atoms with Gasteiger partial charge in [-0.25, -0.2) is 4.79 Å². The SMILES string of the molecule is C=CC1=C(/C=C\C(C)OC)CN(C)C1=O.CC.Cc1[nH]nc2cc(C#C[C@@H]3NC(=O)NC3=O)ccc12. The Bertz CT molecular complexity index is 1260. The van der Waals surface area contributed by atoms with Crippen LogP contribution in [0.3, 0.4) is 0 Å². The number of H-pyrrole nitrogens is 1. The third-order valence-electron chi connectivity index (χ3n) is 5.36. The number of carbonyl (C=O) groups is 3. The first-order chi connectivity index (χ1) is 17.2. The Hall–Kier alpha value is -4.16. The van der Waals surface area contributed by atoms with Crippen molar-refractivity contribution in [2.24, 2.45) is 0 Å². The molecule has 0 radical (unpaired) electrons. The number of imide groups is 1. The van der Waals surface area contributed by atoms with Gasteiger partial charge in [-0.2, -0.15) is 5.10 Å². The molecule has 3 N–H and O–H groups in total. The predicted octanol–water partition coefficient (Wildman–Crippen LogP) is 2.99. The summed E-state index contributed by atoms with van der Waals surface area (Å²) in [7, 11) is 3.44. The third-order valence-corrected chi connectivity index (χ3v) is 5.36. The molecule has 0 aliphatic carbocycles. The monoisotopic (exact) mass is 491 g/mol. The fourth-order valence-corrected chi connectivity index (χ4v) is 3.34. The van der Waals surface area contributed by atoms with Crippen LogP contribution in [-0.2, 0) is 14.3 Å². The number of aryl methyl sites for hydroxylation is 1. The molecule has 2 aromatic rings. The highest BCUT2D eigenvalue weighted by molar-refractivity contribution is 6.06. The van der Waals surface area contributed by atoms with E-state index in [0.29, 0.717) is 12.1 Å². The summed E-state index contributed by atoms with van der Waals surface area (Å²) in [5.74, 6) is 5.19. The van der Waals surface area contributed by atoms with Crippen molar-refractivity contribution in [3.8, 4) is 11.8 Å². The quantitative estimate of drug-likeness (QED) is 0.449. The number of hydrogen-bond acceptors (Lipinski definition) is 5. The number of rotatable bonds is 4. The van der Waals surface area contributed by atoms with E-state index in [1.807, 2.05) is 58.0 Å². The minimum absolute atomic E-state index is 0.0368. The van der Waals surface area contributed by atoms with Crippen LogP contribution in [0.15, 0.2) is 54.2 Å². The lowest BCUT2D eigenvalue weighted by Crippen LogP contribution is -2.26. The molecule has 1 fully saturated rings. The van der Waals surface area contributed by atoms with E-state index in [-0.39, 0.29) is 12.0 Å². The van der Waals surface area contributed by atoms with Crippen LogP contribution in [-0.4, -0.2) is 65.8 Å². The number of methoxy groups -OCH3 is 1. The number of fused-ring (bicyclic) bond motifs is 1. The summed E-state index contributed by atoms with van der Waals surface area (Å²) in [6.07, 6.45) is 5.55. The lowest BCUT2D eigenvalue weighted by molar-refractivity contribution is -0.124. The number of carbonyl (C=O) groups excluding carboxylic acids is 3. The molecular weight excluding hydrogens is 458 g/mol. The summed E-state index contributed by atoms with van der Waals surface area (Å²) in [5.41, 5.74) is 4.26. The summed E-state index contributed by atoms with van der Waals surface area (Å²) in [4.78, 5) is 35.5. The van der Waals surface area contributed by atoms with Gasteiger partial charge in [0.25, 0.3) is 11.8 Å². The lowest BCUT2D eigenvalue weighted by atomic mass is 10.1. The van der Waals surface area contributed by atoms with Gasteiger partial charge < -0.3 is 15.0 Å². The second-order valence-corrected chi connectivity index (χ2v) is 7.85. The Morgan fingerprint density at radius 1 is 1.28 bits per heavy atom. The van der Waals surface area contributed by atoms with E-state index in [1.54, 1.807) is 25.1 Å². The fourth-order valence-electron chi connectivity index (χ4n) is 3.34. The highest BCUT2D eigenvalue weighted by Gasteiger charge is 2.27. The molecule has 0 bridgehead atoms. The molecule has 9 heteroatoms. The Kier molecular flexibility index (Phi) is 10.2. The second kappa shape index (κ2) is 13.1. The minimum atomic E-state index is -0.788. The van der Waals surface area contributed by atoms with Crippen molar-refractivity contribution in [3.05, 3.63) is 65.4 Å². The highest BCUT2D eigenvalue weighted by Crippen LogP contribution is 2.19. The molecule has 36 heavy (non-hydrogen) atoms. The van der Waals surface area contributed by atoms with Crippen LogP contribution < -0.4 is 10.6 Å². The van der Waals surface area contributed by atoms with E-state index in [9.17, 15) is 14.4 Å². The van der Waals surface area contributed by atoms with Crippen LogP contribution in [0.1, 0.15) is 32.0 Å². The molecule has 0 saturated carbocycles. The first kappa shape index (κ1) is 28.1. The number of ether oxygens (including phenoxy) is 1. The number of aromatic nitrogens is 2. The fraction of sp³-hybridized carbons (Fsp3) is 0.333. The Balaban J connectivity index is 0.000000244. The maximum atomic E-state index is 11.6. The van der Waals surface area contributed by atoms with Gasteiger partial charge in [-0.15, -0.1) is 0 Å². The maximum Gasteiger partial charge on any atom is 0.322 e. The van der Waals surface area contributed by atoms with E-state index >= 15 is 0 Å².